The van der Waals surface area contributed by atoms with Crippen LogP contribution in [0.2, 0.25) is 0 Å². The van der Waals surface area contributed by atoms with Gasteiger partial charge in [0.2, 0.25) is 0 Å². The minimum absolute atomic E-state index is 0.0545. The van der Waals surface area contributed by atoms with E-state index in [1.807, 2.05) is 48.5 Å². The zero-order valence-electron chi connectivity index (χ0n) is 23.0. The maximum Gasteiger partial charge on any atom is 0.338 e. The van der Waals surface area contributed by atoms with Crippen molar-refractivity contribution >= 4 is 29.7 Å². The van der Waals surface area contributed by atoms with Crippen molar-refractivity contribution in [2.45, 2.75) is 50.0 Å². The molecule has 0 bridgehead atoms. The molecule has 0 spiro atoms. The second kappa shape index (κ2) is 15.3. The van der Waals surface area contributed by atoms with E-state index in [9.17, 15) is 24.6 Å². The molecular weight excluding hydrogens is 562 g/mol. The number of hydrogen-bond donors (Lipinski definition) is 4. The lowest BCUT2D eigenvalue weighted by Gasteiger charge is -2.36. The summed E-state index contributed by atoms with van der Waals surface area (Å²) in [6, 6.07) is 17.6. The number of rotatable bonds is 12. The number of nitrogens with zero attached hydrogens (tertiary/aromatic N) is 1. The van der Waals surface area contributed by atoms with Gasteiger partial charge in [-0.3, -0.25) is 4.79 Å². The van der Waals surface area contributed by atoms with E-state index < -0.39 is 24.3 Å². The summed E-state index contributed by atoms with van der Waals surface area (Å²) < 4.78 is 17.5. The molecule has 2 aromatic carbocycles. The van der Waals surface area contributed by atoms with E-state index in [4.69, 9.17) is 14.2 Å². The van der Waals surface area contributed by atoms with Gasteiger partial charge in [0.1, 0.15) is 11.6 Å². The number of aromatic carboxylic acids is 1. The number of esters is 1. The number of carbonyl (C=O) groups excluding carboxylic acids is 2. The number of ether oxygens (including phenoxy) is 3. The third kappa shape index (κ3) is 8.76. The molecule has 3 aromatic rings. The molecule has 4 rings (SSSR count). The van der Waals surface area contributed by atoms with Crippen LogP contribution in [0.5, 0.6) is 0 Å². The smallest absolute Gasteiger partial charge is 0.338 e. The number of carboxylic acids is 1. The van der Waals surface area contributed by atoms with Gasteiger partial charge in [-0.25, -0.2) is 14.6 Å². The van der Waals surface area contributed by atoms with E-state index in [0.717, 1.165) is 22.3 Å². The van der Waals surface area contributed by atoms with Gasteiger partial charge in [0.05, 0.1) is 31.0 Å². The van der Waals surface area contributed by atoms with Crippen LogP contribution >= 0.6 is 11.8 Å². The number of aliphatic hydroxyl groups is 1. The molecule has 1 fully saturated rings. The third-order valence-electron chi connectivity index (χ3n) is 6.43. The van der Waals surface area contributed by atoms with Gasteiger partial charge in [0.15, 0.2) is 6.29 Å². The molecule has 1 saturated heterocycles. The van der Waals surface area contributed by atoms with Crippen molar-refractivity contribution in [3.8, 4) is 0 Å². The lowest BCUT2D eigenvalue weighted by molar-refractivity contribution is -0.245. The van der Waals surface area contributed by atoms with E-state index in [-0.39, 0.29) is 44.1 Å². The van der Waals surface area contributed by atoms with Gasteiger partial charge in [-0.05, 0) is 35.7 Å². The summed E-state index contributed by atoms with van der Waals surface area (Å²) in [5.41, 5.74) is 3.49. The van der Waals surface area contributed by atoms with Crippen molar-refractivity contribution in [2.24, 2.45) is 0 Å². The minimum Gasteiger partial charge on any atom is -0.478 e. The summed E-state index contributed by atoms with van der Waals surface area (Å²) in [7, 11) is 0. The Kier molecular flexibility index (Phi) is 11.3. The average molecular weight is 596 g/mol. The topological polar surface area (TPSA) is 156 Å². The highest BCUT2D eigenvalue weighted by atomic mass is 32.2. The standard InChI is InChI=1S/C30H33N3O8S/c1-2-39-26(35)16-33-30(38)32-15-19-5-11-22(12-6-19)29-40-23(18-42-27-24(28(36)37)4-3-13-31-27)14-25(41-29)21-9-7-20(17-34)8-10-21/h3-13,23,25,29,34H,2,14-18H2,1H3,(H,36,37)(H2,32,33,38)/t23-,25+,29+/m1/s1. The number of urea groups is 1. The Morgan fingerprint density at radius 1 is 1.00 bits per heavy atom. The van der Waals surface area contributed by atoms with Crippen LogP contribution in [0, 0.1) is 0 Å². The van der Waals surface area contributed by atoms with Crippen molar-refractivity contribution in [1.29, 1.82) is 0 Å². The Hall–Kier alpha value is -3.97. The molecule has 0 radical (unpaired) electrons. The van der Waals surface area contributed by atoms with Crippen molar-refractivity contribution in [2.75, 3.05) is 18.9 Å². The van der Waals surface area contributed by atoms with Crippen LogP contribution in [-0.2, 0) is 32.2 Å². The molecule has 3 atom stereocenters. The number of pyridine rings is 1. The van der Waals surface area contributed by atoms with E-state index in [2.05, 4.69) is 15.6 Å². The van der Waals surface area contributed by atoms with Crippen LogP contribution in [0.3, 0.4) is 0 Å². The van der Waals surface area contributed by atoms with Gasteiger partial charge in [-0.2, -0.15) is 0 Å². The predicted octanol–water partition coefficient (Wildman–Crippen LogP) is 3.97. The predicted molar refractivity (Wildman–Crippen MR) is 154 cm³/mol. The largest absolute Gasteiger partial charge is 0.478 e. The second-order valence-electron chi connectivity index (χ2n) is 9.41. The maximum absolute atomic E-state index is 12.0. The molecule has 12 heteroatoms. The monoisotopic (exact) mass is 595 g/mol. The van der Waals surface area contributed by atoms with Gasteiger partial charge in [-0.15, -0.1) is 11.8 Å². The molecule has 4 N–H and O–H groups in total. The van der Waals surface area contributed by atoms with E-state index in [0.29, 0.717) is 17.2 Å². The highest BCUT2D eigenvalue weighted by molar-refractivity contribution is 7.99. The molecule has 2 amide bonds. The van der Waals surface area contributed by atoms with Crippen LogP contribution in [0.4, 0.5) is 4.79 Å². The molecular formula is C30H33N3O8S. The first kappa shape index (κ1) is 31.0. The number of amides is 2. The SMILES string of the molecule is CCOC(=O)CNC(=O)NCc1ccc([C@H]2O[C@@H](CSc3ncccc3C(=O)O)C[C@@H](c3ccc(CO)cc3)O2)cc1. The van der Waals surface area contributed by atoms with E-state index >= 15 is 0 Å². The van der Waals surface area contributed by atoms with E-state index in [1.54, 1.807) is 19.2 Å². The molecule has 1 aliphatic heterocycles. The molecule has 11 nitrogen and oxygen atoms in total. The Balaban J connectivity index is 1.43. The lowest BCUT2D eigenvalue weighted by atomic mass is 10.0. The van der Waals surface area contributed by atoms with Gasteiger partial charge < -0.3 is 35.1 Å². The highest BCUT2D eigenvalue weighted by Crippen LogP contribution is 2.39. The molecule has 2 heterocycles. The summed E-state index contributed by atoms with van der Waals surface area (Å²) in [6.45, 7) is 1.92. The normalized spacial score (nSPS) is 18.2. The Morgan fingerprint density at radius 2 is 1.71 bits per heavy atom. The van der Waals surface area contributed by atoms with Crippen molar-refractivity contribution in [3.05, 3.63) is 94.7 Å². The molecule has 222 valence electrons. The summed E-state index contributed by atoms with van der Waals surface area (Å²) in [4.78, 5) is 39.3. The number of benzene rings is 2. The fourth-order valence-corrected chi connectivity index (χ4v) is 5.27. The van der Waals surface area contributed by atoms with Gasteiger partial charge in [-0.1, -0.05) is 48.5 Å². The summed E-state index contributed by atoms with van der Waals surface area (Å²) >= 11 is 1.32. The van der Waals surface area contributed by atoms with Gasteiger partial charge >= 0.3 is 18.0 Å². The number of aliphatic hydroxyl groups excluding tert-OH is 1. The number of aromatic nitrogens is 1. The first-order valence-electron chi connectivity index (χ1n) is 13.4. The molecule has 42 heavy (non-hydrogen) atoms. The Labute approximate surface area is 247 Å². The molecule has 0 aliphatic carbocycles. The van der Waals surface area contributed by atoms with Crippen LogP contribution in [-0.4, -0.2) is 58.2 Å². The van der Waals surface area contributed by atoms with Gasteiger partial charge in [0, 0.05) is 30.5 Å². The third-order valence-corrected chi connectivity index (χ3v) is 7.56. The number of carbonyl (C=O) groups is 3. The average Bonchev–Trinajstić information content (AvgIpc) is 3.02. The minimum atomic E-state index is -1.04. The second-order valence-corrected chi connectivity index (χ2v) is 10.4. The van der Waals surface area contributed by atoms with Crippen LogP contribution in [0.25, 0.3) is 0 Å². The summed E-state index contributed by atoms with van der Waals surface area (Å²) in [5, 5.41) is 24.5. The first-order valence-corrected chi connectivity index (χ1v) is 14.4. The molecule has 1 aromatic heterocycles. The van der Waals surface area contributed by atoms with Crippen molar-refractivity contribution < 1.29 is 38.8 Å². The first-order chi connectivity index (χ1) is 20.4. The quantitative estimate of drug-likeness (QED) is 0.178. The molecule has 0 unspecified atom stereocenters. The van der Waals surface area contributed by atoms with Crippen LogP contribution in [0.15, 0.2) is 71.9 Å². The van der Waals surface area contributed by atoms with Crippen molar-refractivity contribution in [1.82, 2.24) is 15.6 Å². The van der Waals surface area contributed by atoms with E-state index in [1.165, 1.54) is 17.8 Å². The number of thioether (sulfide) groups is 1. The Morgan fingerprint density at radius 3 is 2.40 bits per heavy atom. The zero-order valence-corrected chi connectivity index (χ0v) is 23.8. The van der Waals surface area contributed by atoms with Crippen LogP contribution in [0.1, 0.15) is 58.4 Å². The summed E-state index contributed by atoms with van der Waals surface area (Å²) in [6.07, 6.45) is 0.845. The number of hydrogen-bond acceptors (Lipinski definition) is 9. The van der Waals surface area contributed by atoms with Crippen molar-refractivity contribution in [3.63, 3.8) is 0 Å². The molecule has 1 aliphatic rings. The number of nitrogens with one attached hydrogen (secondary N) is 2. The van der Waals surface area contributed by atoms with Crippen LogP contribution < -0.4 is 10.6 Å². The lowest BCUT2D eigenvalue weighted by Crippen LogP contribution is -2.38. The van der Waals surface area contributed by atoms with Gasteiger partial charge in [0.25, 0.3) is 0 Å². The summed E-state index contributed by atoms with van der Waals surface area (Å²) in [5.74, 6) is -1.08. The number of carboxylic acid groups (broad SMARTS) is 1. The maximum atomic E-state index is 12.0. The fraction of sp³-hybridized carbons (Fsp3) is 0.333. The molecule has 0 saturated carbocycles. The Bertz CT molecular complexity index is 1350. The highest BCUT2D eigenvalue weighted by Gasteiger charge is 2.32. The fourth-order valence-electron chi connectivity index (χ4n) is 4.27. The zero-order chi connectivity index (χ0) is 29.9.